The average molecular weight is 404 g/mol. The summed E-state index contributed by atoms with van der Waals surface area (Å²) in [5.74, 6) is -2.36. The van der Waals surface area contributed by atoms with Crippen LogP contribution in [0.1, 0.15) is 18.4 Å². The second-order valence-corrected chi connectivity index (χ2v) is 6.87. The SMILES string of the molecule is O=C(OCC(=O)N1CCC[C@H](C(F)(F)F)C1)C1=Cc2cc(Cl)ccc2OC1. The lowest BCUT2D eigenvalue weighted by molar-refractivity contribution is -0.189. The van der Waals surface area contributed by atoms with Crippen molar-refractivity contribution in [1.82, 2.24) is 4.90 Å². The number of hydrogen-bond donors (Lipinski definition) is 0. The first-order valence-electron chi connectivity index (χ1n) is 8.38. The fourth-order valence-electron chi connectivity index (χ4n) is 3.05. The smallest absolute Gasteiger partial charge is 0.393 e. The Hall–Kier alpha value is -2.22. The molecule has 1 atom stereocenters. The minimum atomic E-state index is -4.34. The summed E-state index contributed by atoms with van der Waals surface area (Å²) in [6, 6.07) is 4.95. The van der Waals surface area contributed by atoms with E-state index in [1.807, 2.05) is 0 Å². The lowest BCUT2D eigenvalue weighted by Gasteiger charge is -2.33. The molecule has 0 radical (unpaired) electrons. The van der Waals surface area contributed by atoms with Gasteiger partial charge in [-0.2, -0.15) is 13.2 Å². The molecule has 2 aliphatic heterocycles. The summed E-state index contributed by atoms with van der Waals surface area (Å²) >= 11 is 5.91. The molecule has 146 valence electrons. The normalized spacial score (nSPS) is 19.6. The van der Waals surface area contributed by atoms with Crippen LogP contribution in [0.25, 0.3) is 6.08 Å². The number of piperidine rings is 1. The van der Waals surface area contributed by atoms with E-state index in [2.05, 4.69) is 0 Å². The maximum Gasteiger partial charge on any atom is 0.393 e. The van der Waals surface area contributed by atoms with Crippen molar-refractivity contribution >= 4 is 29.6 Å². The van der Waals surface area contributed by atoms with Crippen LogP contribution in [0.2, 0.25) is 5.02 Å². The van der Waals surface area contributed by atoms with Crippen molar-refractivity contribution in [2.45, 2.75) is 19.0 Å². The molecule has 2 aliphatic rings. The van der Waals surface area contributed by atoms with Gasteiger partial charge >= 0.3 is 12.1 Å². The number of alkyl halides is 3. The Morgan fingerprint density at radius 2 is 2.11 bits per heavy atom. The Balaban J connectivity index is 1.57. The first-order chi connectivity index (χ1) is 12.7. The summed E-state index contributed by atoms with van der Waals surface area (Å²) in [5, 5.41) is 0.475. The van der Waals surface area contributed by atoms with Crippen molar-refractivity contribution < 1.29 is 32.2 Å². The van der Waals surface area contributed by atoms with Crippen LogP contribution in [0, 0.1) is 5.92 Å². The fourth-order valence-corrected chi connectivity index (χ4v) is 3.23. The van der Waals surface area contributed by atoms with Crippen molar-refractivity contribution in [2.75, 3.05) is 26.3 Å². The number of amides is 1. The van der Waals surface area contributed by atoms with Crippen LogP contribution < -0.4 is 4.74 Å². The van der Waals surface area contributed by atoms with Gasteiger partial charge in [0.05, 0.1) is 11.5 Å². The largest absolute Gasteiger partial charge is 0.488 e. The van der Waals surface area contributed by atoms with Gasteiger partial charge in [0.25, 0.3) is 5.91 Å². The van der Waals surface area contributed by atoms with Crippen LogP contribution in [-0.2, 0) is 14.3 Å². The molecule has 0 bridgehead atoms. The number of rotatable bonds is 3. The topological polar surface area (TPSA) is 55.8 Å². The third kappa shape index (κ3) is 4.74. The standard InChI is InChI=1S/C18H17ClF3NO4/c19-14-3-4-15-11(7-14)6-12(9-26-15)17(25)27-10-16(24)23-5-1-2-13(8-23)18(20,21)22/h3-4,6-7,13H,1-2,5,8-10H2/t13-/m0/s1. The lowest BCUT2D eigenvalue weighted by atomic mass is 9.97. The average Bonchev–Trinajstić information content (AvgIpc) is 2.64. The van der Waals surface area contributed by atoms with Crippen molar-refractivity contribution in [1.29, 1.82) is 0 Å². The molecule has 27 heavy (non-hydrogen) atoms. The third-order valence-electron chi connectivity index (χ3n) is 4.51. The number of carbonyl (C=O) groups excluding carboxylic acids is 2. The van der Waals surface area contributed by atoms with Gasteiger partial charge in [-0.3, -0.25) is 4.79 Å². The highest BCUT2D eigenvalue weighted by molar-refractivity contribution is 6.30. The van der Waals surface area contributed by atoms with Gasteiger partial charge in [0, 0.05) is 23.7 Å². The molecular formula is C18H17ClF3NO4. The van der Waals surface area contributed by atoms with Crippen molar-refractivity contribution in [3.05, 3.63) is 34.4 Å². The number of carbonyl (C=O) groups is 2. The van der Waals surface area contributed by atoms with Crippen LogP contribution in [-0.4, -0.2) is 49.3 Å². The predicted octanol–water partition coefficient (Wildman–Crippen LogP) is 3.46. The minimum Gasteiger partial charge on any atom is -0.488 e. The van der Waals surface area contributed by atoms with E-state index < -0.39 is 37.1 Å². The summed E-state index contributed by atoms with van der Waals surface area (Å²) in [7, 11) is 0. The van der Waals surface area contributed by atoms with E-state index in [1.54, 1.807) is 24.3 Å². The number of hydrogen-bond acceptors (Lipinski definition) is 4. The lowest BCUT2D eigenvalue weighted by Crippen LogP contribution is -2.46. The maximum atomic E-state index is 12.8. The molecule has 1 saturated heterocycles. The number of halogens is 4. The highest BCUT2D eigenvalue weighted by Crippen LogP contribution is 2.33. The predicted molar refractivity (Wildman–Crippen MR) is 91.2 cm³/mol. The van der Waals surface area contributed by atoms with E-state index in [-0.39, 0.29) is 31.6 Å². The number of benzene rings is 1. The number of esters is 1. The Morgan fingerprint density at radius 1 is 1.33 bits per heavy atom. The molecular weight excluding hydrogens is 387 g/mol. The van der Waals surface area contributed by atoms with Gasteiger partial charge in [-0.25, -0.2) is 4.79 Å². The molecule has 0 unspecified atom stereocenters. The summed E-state index contributed by atoms with van der Waals surface area (Å²) < 4.78 is 48.9. The van der Waals surface area contributed by atoms with Gasteiger partial charge < -0.3 is 14.4 Å². The second kappa shape index (κ2) is 7.80. The monoisotopic (exact) mass is 403 g/mol. The molecule has 3 rings (SSSR count). The van der Waals surface area contributed by atoms with Gasteiger partial charge in [0.15, 0.2) is 6.61 Å². The summed E-state index contributed by atoms with van der Waals surface area (Å²) in [6.07, 6.45) is -2.52. The molecule has 9 heteroatoms. The Morgan fingerprint density at radius 3 is 2.85 bits per heavy atom. The zero-order valence-electron chi connectivity index (χ0n) is 14.2. The van der Waals surface area contributed by atoms with E-state index in [9.17, 15) is 22.8 Å². The van der Waals surface area contributed by atoms with Crippen LogP contribution in [0.5, 0.6) is 5.75 Å². The fraction of sp³-hybridized carbons (Fsp3) is 0.444. The van der Waals surface area contributed by atoms with Crippen LogP contribution in [0.4, 0.5) is 13.2 Å². The number of fused-ring (bicyclic) bond motifs is 1. The van der Waals surface area contributed by atoms with Gasteiger partial charge in [0.2, 0.25) is 0 Å². The number of nitrogens with zero attached hydrogens (tertiary/aromatic N) is 1. The Kier molecular flexibility index (Phi) is 5.64. The molecule has 0 N–H and O–H groups in total. The molecule has 1 aromatic rings. The van der Waals surface area contributed by atoms with E-state index in [4.69, 9.17) is 21.1 Å². The van der Waals surface area contributed by atoms with E-state index in [0.29, 0.717) is 16.3 Å². The zero-order chi connectivity index (χ0) is 19.6. The molecule has 1 amide bonds. The number of ether oxygens (including phenoxy) is 2. The van der Waals surface area contributed by atoms with E-state index >= 15 is 0 Å². The third-order valence-corrected chi connectivity index (χ3v) is 4.75. The summed E-state index contributed by atoms with van der Waals surface area (Å²) in [4.78, 5) is 25.4. The van der Waals surface area contributed by atoms with E-state index in [0.717, 1.165) is 4.90 Å². The van der Waals surface area contributed by atoms with Gasteiger partial charge in [-0.15, -0.1) is 0 Å². The molecule has 0 aromatic heterocycles. The quantitative estimate of drug-likeness (QED) is 0.725. The van der Waals surface area contributed by atoms with Crippen LogP contribution in [0.3, 0.4) is 0 Å². The maximum absolute atomic E-state index is 12.8. The van der Waals surface area contributed by atoms with Crippen molar-refractivity contribution in [2.24, 2.45) is 5.92 Å². The van der Waals surface area contributed by atoms with E-state index in [1.165, 1.54) is 0 Å². The van der Waals surface area contributed by atoms with Crippen LogP contribution >= 0.6 is 11.6 Å². The summed E-state index contributed by atoms with van der Waals surface area (Å²) in [6.45, 7) is -0.817. The highest BCUT2D eigenvalue weighted by Gasteiger charge is 2.42. The number of likely N-dealkylation sites (tertiary alicyclic amines) is 1. The Labute approximate surface area is 158 Å². The first-order valence-corrected chi connectivity index (χ1v) is 8.76. The molecule has 0 spiro atoms. The van der Waals surface area contributed by atoms with Crippen molar-refractivity contribution in [3.63, 3.8) is 0 Å². The molecule has 1 aromatic carbocycles. The molecule has 2 heterocycles. The second-order valence-electron chi connectivity index (χ2n) is 6.44. The van der Waals surface area contributed by atoms with Gasteiger partial charge in [-0.05, 0) is 37.1 Å². The molecule has 1 fully saturated rings. The molecule has 0 saturated carbocycles. The summed E-state index contributed by atoms with van der Waals surface area (Å²) in [5.41, 5.74) is 0.806. The minimum absolute atomic E-state index is 0.000733. The van der Waals surface area contributed by atoms with Gasteiger partial charge in [0.1, 0.15) is 12.4 Å². The van der Waals surface area contributed by atoms with Crippen molar-refractivity contribution in [3.8, 4) is 5.75 Å². The molecule has 5 nitrogen and oxygen atoms in total. The van der Waals surface area contributed by atoms with Crippen LogP contribution in [0.15, 0.2) is 23.8 Å². The Bertz CT molecular complexity index is 778. The highest BCUT2D eigenvalue weighted by atomic mass is 35.5. The first kappa shape index (κ1) is 19.5. The van der Waals surface area contributed by atoms with Gasteiger partial charge in [-0.1, -0.05) is 11.6 Å². The zero-order valence-corrected chi connectivity index (χ0v) is 15.0. The molecule has 0 aliphatic carbocycles.